The molecule has 0 radical (unpaired) electrons. The molecular weight excluding hydrogens is 554 g/mol. The molecular formula is C28H33N3O9S. The van der Waals surface area contributed by atoms with Crippen molar-refractivity contribution >= 4 is 33.4 Å². The number of carboxylic acids is 1. The number of esters is 2. The van der Waals surface area contributed by atoms with Gasteiger partial charge in [-0.05, 0) is 63.4 Å². The minimum Gasteiger partial charge on any atom is -0.478 e. The summed E-state index contributed by atoms with van der Waals surface area (Å²) >= 11 is 0. The SMILES string of the molecule is COC1CCN(S(=O)(=O)c2cc(C(=O)O)ccc2-c2ccn3ncc(CC(=O)OCOC(=O)C(C)(C)C)c3c2)CC1. The Morgan fingerprint density at radius 3 is 2.41 bits per heavy atom. The molecule has 1 saturated heterocycles. The number of nitrogens with zero attached hydrogens (tertiary/aromatic N) is 3. The van der Waals surface area contributed by atoms with Crippen molar-refractivity contribution in [3.8, 4) is 11.1 Å². The van der Waals surface area contributed by atoms with Gasteiger partial charge in [0.05, 0.1) is 40.1 Å². The van der Waals surface area contributed by atoms with Gasteiger partial charge in [0.2, 0.25) is 16.8 Å². The number of methoxy groups -OCH3 is 1. The quantitative estimate of drug-likeness (QED) is 0.292. The first-order valence-electron chi connectivity index (χ1n) is 13.0. The van der Waals surface area contributed by atoms with Gasteiger partial charge in [-0.15, -0.1) is 0 Å². The van der Waals surface area contributed by atoms with Gasteiger partial charge in [-0.1, -0.05) is 6.07 Å². The van der Waals surface area contributed by atoms with Crippen molar-refractivity contribution in [3.63, 3.8) is 0 Å². The topological polar surface area (TPSA) is 154 Å². The van der Waals surface area contributed by atoms with E-state index in [9.17, 15) is 27.9 Å². The number of hydrogen-bond acceptors (Lipinski definition) is 9. The maximum atomic E-state index is 13.8. The van der Waals surface area contributed by atoms with Gasteiger partial charge in [0.15, 0.2) is 0 Å². The number of aromatic carboxylic acids is 1. The Morgan fingerprint density at radius 2 is 1.78 bits per heavy atom. The Bertz CT molecular complexity index is 1570. The molecule has 1 aromatic carbocycles. The lowest BCUT2D eigenvalue weighted by Gasteiger charge is -2.31. The number of carbonyl (C=O) groups is 3. The van der Waals surface area contributed by atoms with Crippen LogP contribution in [-0.2, 0) is 40.2 Å². The first-order valence-corrected chi connectivity index (χ1v) is 14.4. The van der Waals surface area contributed by atoms with Crippen LogP contribution < -0.4 is 0 Å². The summed E-state index contributed by atoms with van der Waals surface area (Å²) in [6.07, 6.45) is 3.97. The number of fused-ring (bicyclic) bond motifs is 1. The Hall–Kier alpha value is -3.81. The zero-order chi connectivity index (χ0) is 29.9. The molecule has 0 atom stereocenters. The third-order valence-electron chi connectivity index (χ3n) is 6.85. The summed E-state index contributed by atoms with van der Waals surface area (Å²) in [5.41, 5.74) is 0.954. The molecule has 41 heavy (non-hydrogen) atoms. The van der Waals surface area contributed by atoms with Crippen molar-refractivity contribution < 1.29 is 42.1 Å². The molecule has 3 heterocycles. The Labute approximate surface area is 237 Å². The lowest BCUT2D eigenvalue weighted by Crippen LogP contribution is -2.40. The molecule has 0 amide bonds. The molecule has 1 aliphatic heterocycles. The molecule has 220 valence electrons. The van der Waals surface area contributed by atoms with Crippen LogP contribution >= 0.6 is 0 Å². The first-order chi connectivity index (χ1) is 19.3. The lowest BCUT2D eigenvalue weighted by molar-refractivity contribution is -0.172. The standard InChI is InChI=1S/C28H33N3O9S/c1-28(2,3)27(35)40-17-39-25(32)15-20-16-29-31-12-7-18(13-23(20)31)22-6-5-19(26(33)34)14-24(22)41(36,37)30-10-8-21(38-4)9-11-30/h5-7,12-14,16,21H,8-11,15,17H2,1-4H3,(H,33,34). The molecule has 4 rings (SSSR count). The minimum absolute atomic E-state index is 0.0359. The summed E-state index contributed by atoms with van der Waals surface area (Å²) < 4.78 is 45.8. The van der Waals surface area contributed by atoms with E-state index in [0.29, 0.717) is 35.0 Å². The number of aromatic nitrogens is 2. The number of benzene rings is 1. The van der Waals surface area contributed by atoms with Gasteiger partial charge in [0.1, 0.15) is 0 Å². The molecule has 12 nitrogen and oxygen atoms in total. The van der Waals surface area contributed by atoms with Gasteiger partial charge in [-0.25, -0.2) is 17.7 Å². The molecule has 13 heteroatoms. The van der Waals surface area contributed by atoms with E-state index in [1.54, 1.807) is 46.2 Å². The third-order valence-corrected chi connectivity index (χ3v) is 8.79. The number of carbonyl (C=O) groups excluding carboxylic acids is 2. The van der Waals surface area contributed by atoms with Crippen molar-refractivity contribution in [1.29, 1.82) is 0 Å². The van der Waals surface area contributed by atoms with E-state index >= 15 is 0 Å². The maximum Gasteiger partial charge on any atom is 0.335 e. The number of pyridine rings is 1. The summed E-state index contributed by atoms with van der Waals surface area (Å²) in [6, 6.07) is 7.35. The predicted molar refractivity (Wildman–Crippen MR) is 147 cm³/mol. The van der Waals surface area contributed by atoms with Gasteiger partial charge < -0.3 is 19.3 Å². The molecule has 3 aromatic rings. The molecule has 0 unspecified atom stereocenters. The second-order valence-electron chi connectivity index (χ2n) is 10.8. The van der Waals surface area contributed by atoms with E-state index in [-0.39, 0.29) is 36.1 Å². The van der Waals surface area contributed by atoms with Gasteiger partial charge in [-0.3, -0.25) is 9.59 Å². The molecule has 0 spiro atoms. The summed E-state index contributed by atoms with van der Waals surface area (Å²) in [5, 5.41) is 13.8. The first kappa shape index (κ1) is 30.2. The van der Waals surface area contributed by atoms with Crippen LogP contribution in [-0.4, -0.2) is 78.4 Å². The van der Waals surface area contributed by atoms with Gasteiger partial charge >= 0.3 is 17.9 Å². The fourth-order valence-corrected chi connectivity index (χ4v) is 6.17. The number of piperidine rings is 1. The number of hydrogen-bond donors (Lipinski definition) is 1. The zero-order valence-corrected chi connectivity index (χ0v) is 24.1. The maximum absolute atomic E-state index is 13.8. The van der Waals surface area contributed by atoms with E-state index < -0.39 is 40.1 Å². The number of sulfonamides is 1. The molecule has 1 aliphatic rings. The average molecular weight is 588 g/mol. The van der Waals surface area contributed by atoms with Crippen LogP contribution in [0.25, 0.3) is 16.6 Å². The summed E-state index contributed by atoms with van der Waals surface area (Å²) in [5.74, 6) is -2.39. The van der Waals surface area contributed by atoms with Crippen LogP contribution in [0, 0.1) is 5.41 Å². The number of carboxylic acid groups (broad SMARTS) is 1. The average Bonchev–Trinajstić information content (AvgIpc) is 3.33. The molecule has 0 aliphatic carbocycles. The van der Waals surface area contributed by atoms with Gasteiger partial charge in [0, 0.05) is 37.5 Å². The van der Waals surface area contributed by atoms with Crippen molar-refractivity contribution in [3.05, 3.63) is 53.9 Å². The van der Waals surface area contributed by atoms with Crippen LogP contribution in [0.3, 0.4) is 0 Å². The van der Waals surface area contributed by atoms with Gasteiger partial charge in [-0.2, -0.15) is 9.40 Å². The van der Waals surface area contributed by atoms with E-state index in [4.69, 9.17) is 14.2 Å². The zero-order valence-electron chi connectivity index (χ0n) is 23.3. The summed E-state index contributed by atoms with van der Waals surface area (Å²) in [7, 11) is -2.46. The number of rotatable bonds is 9. The lowest BCUT2D eigenvalue weighted by atomic mass is 9.98. The minimum atomic E-state index is -4.05. The van der Waals surface area contributed by atoms with Gasteiger partial charge in [0.25, 0.3) is 0 Å². The fraction of sp³-hybridized carbons (Fsp3) is 0.429. The predicted octanol–water partition coefficient (Wildman–Crippen LogP) is 3.13. The van der Waals surface area contributed by atoms with Crippen molar-refractivity contribution in [2.24, 2.45) is 5.41 Å². The molecule has 1 N–H and O–H groups in total. The highest BCUT2D eigenvalue weighted by Gasteiger charge is 2.32. The highest BCUT2D eigenvalue weighted by atomic mass is 32.2. The van der Waals surface area contributed by atoms with Crippen molar-refractivity contribution in [2.75, 3.05) is 27.0 Å². The molecule has 2 aromatic heterocycles. The summed E-state index contributed by atoms with van der Waals surface area (Å²) in [4.78, 5) is 35.9. The third kappa shape index (κ3) is 6.75. The van der Waals surface area contributed by atoms with Crippen molar-refractivity contribution in [1.82, 2.24) is 13.9 Å². The van der Waals surface area contributed by atoms with Crippen LogP contribution in [0.15, 0.2) is 47.6 Å². The fourth-order valence-electron chi connectivity index (χ4n) is 4.46. The van der Waals surface area contributed by atoms with E-state index in [1.807, 2.05) is 0 Å². The number of ether oxygens (including phenoxy) is 3. The normalized spacial score (nSPS) is 15.1. The van der Waals surface area contributed by atoms with Crippen LogP contribution in [0.1, 0.15) is 49.5 Å². The Morgan fingerprint density at radius 1 is 1.07 bits per heavy atom. The van der Waals surface area contributed by atoms with Crippen LogP contribution in [0.5, 0.6) is 0 Å². The van der Waals surface area contributed by atoms with E-state index in [0.717, 1.165) is 0 Å². The largest absolute Gasteiger partial charge is 0.478 e. The Kier molecular flexibility index (Phi) is 8.80. The highest BCUT2D eigenvalue weighted by Crippen LogP contribution is 2.33. The highest BCUT2D eigenvalue weighted by molar-refractivity contribution is 7.89. The van der Waals surface area contributed by atoms with E-state index in [2.05, 4.69) is 5.10 Å². The van der Waals surface area contributed by atoms with Crippen molar-refractivity contribution in [2.45, 2.75) is 51.0 Å². The van der Waals surface area contributed by atoms with E-state index in [1.165, 1.54) is 33.2 Å². The second kappa shape index (κ2) is 12.0. The molecule has 1 fully saturated rings. The van der Waals surface area contributed by atoms with Crippen LogP contribution in [0.2, 0.25) is 0 Å². The molecule has 0 bridgehead atoms. The Balaban J connectivity index is 1.63. The van der Waals surface area contributed by atoms with Crippen LogP contribution in [0.4, 0.5) is 0 Å². The smallest absolute Gasteiger partial charge is 0.335 e. The monoisotopic (exact) mass is 587 g/mol. The summed E-state index contributed by atoms with van der Waals surface area (Å²) in [6.45, 7) is 5.03. The molecule has 0 saturated carbocycles. The second-order valence-corrected chi connectivity index (χ2v) is 12.7.